The van der Waals surface area contributed by atoms with E-state index in [-0.39, 0.29) is 13.2 Å². The molecule has 0 heterocycles. The van der Waals surface area contributed by atoms with Gasteiger partial charge in [0.25, 0.3) is 0 Å². The Kier molecular flexibility index (Phi) is 6.42. The van der Waals surface area contributed by atoms with Gasteiger partial charge >= 0.3 is 6.09 Å². The number of carbonyl (C=O) groups excluding carboxylic acids is 1. The van der Waals surface area contributed by atoms with Crippen molar-refractivity contribution in [3.05, 3.63) is 58.1 Å². The number of aryl methyl sites for hydroxylation is 3. The first kappa shape index (κ1) is 18.8. The largest absolute Gasteiger partial charge is 0.489 e. The van der Waals surface area contributed by atoms with E-state index in [4.69, 9.17) is 9.47 Å². The van der Waals surface area contributed by atoms with E-state index in [1.165, 1.54) is 5.56 Å². The van der Waals surface area contributed by atoms with Crippen molar-refractivity contribution in [2.45, 2.75) is 40.9 Å². The average molecular weight is 343 g/mol. The lowest BCUT2D eigenvalue weighted by Crippen LogP contribution is -2.16. The fourth-order valence-electron chi connectivity index (χ4n) is 2.59. The number of hydrogen-bond acceptors (Lipinski definition) is 4. The van der Waals surface area contributed by atoms with Crippen LogP contribution in [-0.4, -0.2) is 17.8 Å². The number of aliphatic hydroxyl groups excluding tert-OH is 1. The fraction of sp³-hybridized carbons (Fsp3) is 0.350. The van der Waals surface area contributed by atoms with Crippen LogP contribution in [0.2, 0.25) is 0 Å². The van der Waals surface area contributed by atoms with Gasteiger partial charge in [-0.25, -0.2) is 4.79 Å². The van der Waals surface area contributed by atoms with Crippen molar-refractivity contribution in [1.29, 1.82) is 0 Å². The molecule has 0 radical (unpaired) electrons. The van der Waals surface area contributed by atoms with E-state index in [2.05, 4.69) is 18.3 Å². The van der Waals surface area contributed by atoms with Crippen LogP contribution in [0, 0.1) is 20.8 Å². The molecule has 0 atom stereocenters. The number of benzene rings is 2. The molecule has 5 heteroatoms. The van der Waals surface area contributed by atoms with E-state index in [1.807, 2.05) is 26.0 Å². The molecule has 0 spiro atoms. The number of amides is 1. The van der Waals surface area contributed by atoms with Gasteiger partial charge in [-0.1, -0.05) is 18.2 Å². The van der Waals surface area contributed by atoms with Crippen LogP contribution in [-0.2, 0) is 18.0 Å². The van der Waals surface area contributed by atoms with Gasteiger partial charge in [-0.05, 0) is 62.1 Å². The predicted octanol–water partition coefficient (Wildman–Crippen LogP) is 4.25. The summed E-state index contributed by atoms with van der Waals surface area (Å²) in [5.41, 5.74) is 5.42. The zero-order chi connectivity index (χ0) is 18.4. The highest BCUT2D eigenvalue weighted by Crippen LogP contribution is 2.26. The maximum Gasteiger partial charge on any atom is 0.411 e. The Morgan fingerprint density at radius 3 is 2.52 bits per heavy atom. The van der Waals surface area contributed by atoms with Gasteiger partial charge in [-0.2, -0.15) is 0 Å². The third kappa shape index (κ3) is 4.73. The minimum Gasteiger partial charge on any atom is -0.489 e. The number of aliphatic hydroxyl groups is 1. The van der Waals surface area contributed by atoms with Crippen LogP contribution in [0.4, 0.5) is 10.5 Å². The van der Waals surface area contributed by atoms with Gasteiger partial charge in [-0.15, -0.1) is 0 Å². The van der Waals surface area contributed by atoms with E-state index >= 15 is 0 Å². The number of rotatable bonds is 6. The smallest absolute Gasteiger partial charge is 0.411 e. The molecule has 0 saturated carbocycles. The normalized spacial score (nSPS) is 10.4. The van der Waals surface area contributed by atoms with Gasteiger partial charge in [0, 0.05) is 5.56 Å². The summed E-state index contributed by atoms with van der Waals surface area (Å²) < 4.78 is 10.9. The molecule has 0 saturated heterocycles. The first-order valence-corrected chi connectivity index (χ1v) is 8.32. The van der Waals surface area contributed by atoms with E-state index in [9.17, 15) is 9.90 Å². The number of carbonyl (C=O) groups is 1. The van der Waals surface area contributed by atoms with E-state index in [0.29, 0.717) is 17.9 Å². The monoisotopic (exact) mass is 343 g/mol. The lowest BCUT2D eigenvalue weighted by atomic mass is 10.1. The molecule has 2 rings (SSSR count). The summed E-state index contributed by atoms with van der Waals surface area (Å²) in [6.07, 6.45) is -0.527. The van der Waals surface area contributed by atoms with Crippen LogP contribution in [0.15, 0.2) is 30.3 Å². The molecule has 25 heavy (non-hydrogen) atoms. The van der Waals surface area contributed by atoms with Crippen molar-refractivity contribution in [3.63, 3.8) is 0 Å². The Bertz CT molecular complexity index is 756. The van der Waals surface area contributed by atoms with Crippen molar-refractivity contribution in [3.8, 4) is 5.75 Å². The Labute approximate surface area is 148 Å². The zero-order valence-electron chi connectivity index (χ0n) is 15.2. The molecular formula is C20H25NO4. The molecule has 5 nitrogen and oxygen atoms in total. The van der Waals surface area contributed by atoms with E-state index < -0.39 is 6.09 Å². The second-order valence-corrected chi connectivity index (χ2v) is 5.94. The highest BCUT2D eigenvalue weighted by molar-refractivity contribution is 5.86. The summed E-state index contributed by atoms with van der Waals surface area (Å²) in [5, 5.41) is 12.3. The molecule has 0 aliphatic heterocycles. The van der Waals surface area contributed by atoms with Crippen LogP contribution in [0.5, 0.6) is 5.75 Å². The van der Waals surface area contributed by atoms with Gasteiger partial charge in [0.2, 0.25) is 0 Å². The second-order valence-electron chi connectivity index (χ2n) is 5.94. The average Bonchev–Trinajstić information content (AvgIpc) is 2.57. The summed E-state index contributed by atoms with van der Waals surface area (Å²) in [7, 11) is 0. The van der Waals surface area contributed by atoms with Crippen LogP contribution >= 0.6 is 0 Å². The highest BCUT2D eigenvalue weighted by atomic mass is 16.5. The van der Waals surface area contributed by atoms with E-state index in [0.717, 1.165) is 22.4 Å². The van der Waals surface area contributed by atoms with Gasteiger partial charge in [0.1, 0.15) is 12.4 Å². The predicted molar refractivity (Wildman–Crippen MR) is 98.0 cm³/mol. The molecule has 0 aliphatic rings. The van der Waals surface area contributed by atoms with Gasteiger partial charge < -0.3 is 14.6 Å². The van der Waals surface area contributed by atoms with Crippen LogP contribution < -0.4 is 10.1 Å². The number of hydrogen-bond donors (Lipinski definition) is 2. The maximum absolute atomic E-state index is 11.7. The Hall–Kier alpha value is -2.53. The maximum atomic E-state index is 11.7. The minimum atomic E-state index is -0.527. The van der Waals surface area contributed by atoms with Crippen molar-refractivity contribution in [2.24, 2.45) is 0 Å². The second kappa shape index (κ2) is 8.53. The molecule has 2 aromatic carbocycles. The molecule has 134 valence electrons. The summed E-state index contributed by atoms with van der Waals surface area (Å²) in [4.78, 5) is 11.7. The number of ether oxygens (including phenoxy) is 2. The molecular weight excluding hydrogens is 318 g/mol. The molecule has 0 bridgehead atoms. The third-order valence-electron chi connectivity index (χ3n) is 4.12. The lowest BCUT2D eigenvalue weighted by Gasteiger charge is -2.17. The van der Waals surface area contributed by atoms with Crippen molar-refractivity contribution < 1.29 is 19.4 Å². The summed E-state index contributed by atoms with van der Waals surface area (Å²) in [6.45, 7) is 8.24. The molecule has 0 fully saturated rings. The van der Waals surface area contributed by atoms with Crippen LogP contribution in [0.25, 0.3) is 0 Å². The van der Waals surface area contributed by atoms with Gasteiger partial charge in [0.05, 0.1) is 18.9 Å². The topological polar surface area (TPSA) is 67.8 Å². The summed E-state index contributed by atoms with van der Waals surface area (Å²) in [6, 6.07) is 9.44. The van der Waals surface area contributed by atoms with Crippen molar-refractivity contribution >= 4 is 11.8 Å². The molecule has 1 amide bonds. The Morgan fingerprint density at radius 1 is 1.12 bits per heavy atom. The molecule has 2 aromatic rings. The third-order valence-corrected chi connectivity index (χ3v) is 4.12. The summed E-state index contributed by atoms with van der Waals surface area (Å²) >= 11 is 0. The Balaban J connectivity index is 2.25. The van der Waals surface area contributed by atoms with Crippen LogP contribution in [0.3, 0.4) is 0 Å². The zero-order valence-corrected chi connectivity index (χ0v) is 15.2. The number of nitrogens with one attached hydrogen (secondary N) is 1. The SMILES string of the molecule is CCOC(=O)Nc1cccc(CO)c1COc1cc(C)c(C)cc1C. The molecule has 0 unspecified atom stereocenters. The minimum absolute atomic E-state index is 0.136. The van der Waals surface area contributed by atoms with Gasteiger partial charge in [0.15, 0.2) is 0 Å². The van der Waals surface area contributed by atoms with Crippen LogP contribution in [0.1, 0.15) is 34.7 Å². The first-order chi connectivity index (χ1) is 12.0. The summed E-state index contributed by atoms with van der Waals surface area (Å²) in [5.74, 6) is 0.790. The van der Waals surface area contributed by atoms with Crippen molar-refractivity contribution in [2.75, 3.05) is 11.9 Å². The molecule has 0 aliphatic carbocycles. The lowest BCUT2D eigenvalue weighted by molar-refractivity contribution is 0.168. The quantitative estimate of drug-likeness (QED) is 0.823. The first-order valence-electron chi connectivity index (χ1n) is 8.32. The van der Waals surface area contributed by atoms with Crippen molar-refractivity contribution in [1.82, 2.24) is 0 Å². The molecule has 0 aromatic heterocycles. The fourth-order valence-corrected chi connectivity index (χ4v) is 2.59. The van der Waals surface area contributed by atoms with Gasteiger partial charge in [-0.3, -0.25) is 5.32 Å². The highest BCUT2D eigenvalue weighted by Gasteiger charge is 2.13. The molecule has 2 N–H and O–H groups in total. The number of anilines is 1. The standard InChI is InChI=1S/C20H25NO4/c1-5-24-20(23)21-18-8-6-7-16(11-22)17(18)12-25-19-10-14(3)13(2)9-15(19)4/h6-10,22H,5,11-12H2,1-4H3,(H,21,23). The van der Waals surface area contributed by atoms with E-state index in [1.54, 1.807) is 19.1 Å². The Morgan fingerprint density at radius 2 is 1.84 bits per heavy atom.